The molecular weight excluding hydrogens is 341 g/mol. The van der Waals surface area contributed by atoms with E-state index in [0.29, 0.717) is 6.79 Å². The van der Waals surface area contributed by atoms with Crippen LogP contribution in [-0.2, 0) is 0 Å². The van der Waals surface area contributed by atoms with Crippen molar-refractivity contribution in [2.75, 3.05) is 6.79 Å². The fourth-order valence-corrected chi connectivity index (χ4v) is 2.34. The summed E-state index contributed by atoms with van der Waals surface area (Å²) in [7, 11) is 0. The molecule has 0 spiro atoms. The molecule has 0 N–H and O–H groups in total. The molecule has 0 radical (unpaired) electrons. The largest absolute Gasteiger partial charge is 0.454 e. The van der Waals surface area contributed by atoms with Crippen molar-refractivity contribution in [3.05, 3.63) is 51.4 Å². The summed E-state index contributed by atoms with van der Waals surface area (Å²) < 4.78 is 11.9. The van der Waals surface area contributed by atoms with Crippen molar-refractivity contribution in [2.24, 2.45) is 0 Å². The Hall–Kier alpha value is -1.56. The van der Waals surface area contributed by atoms with Gasteiger partial charge < -0.3 is 9.47 Å². The first-order valence-corrected chi connectivity index (χ1v) is 6.58. The highest BCUT2D eigenvalue weighted by atomic mass is 127. The van der Waals surface area contributed by atoms with Crippen LogP contribution in [0, 0.1) is 3.57 Å². The maximum absolute atomic E-state index is 5.38. The number of halogens is 1. The number of hydrogen-bond acceptors (Lipinski definition) is 3. The smallest absolute Gasteiger partial charge is 0.231 e. The van der Waals surface area contributed by atoms with E-state index in [0.717, 1.165) is 26.2 Å². The lowest BCUT2D eigenvalue weighted by molar-refractivity contribution is 0.174. The van der Waals surface area contributed by atoms with E-state index in [1.54, 1.807) is 12.4 Å². The Morgan fingerprint density at radius 1 is 1.06 bits per heavy atom. The standard InChI is InChI=1S/C14H10INO2/c15-12-8-14-13(17-9-18-14)7-11(12)2-1-10-3-5-16-6-4-10/h1-8H,9H2. The zero-order chi connectivity index (χ0) is 12.4. The van der Waals surface area contributed by atoms with Gasteiger partial charge in [0.25, 0.3) is 0 Å². The summed E-state index contributed by atoms with van der Waals surface area (Å²) in [5, 5.41) is 0. The second kappa shape index (κ2) is 4.97. The van der Waals surface area contributed by atoms with Crippen LogP contribution in [0.1, 0.15) is 11.1 Å². The Balaban J connectivity index is 1.91. The van der Waals surface area contributed by atoms with Gasteiger partial charge in [0.05, 0.1) is 0 Å². The molecule has 1 aliphatic rings. The van der Waals surface area contributed by atoms with Gasteiger partial charge in [0.2, 0.25) is 6.79 Å². The van der Waals surface area contributed by atoms with Crippen LogP contribution in [0.25, 0.3) is 12.2 Å². The van der Waals surface area contributed by atoms with Crippen LogP contribution in [0.15, 0.2) is 36.7 Å². The minimum atomic E-state index is 0.308. The predicted octanol–water partition coefficient (Wildman–Crippen LogP) is 3.59. The SMILES string of the molecule is Ic1cc2c(cc1C=Cc1ccncc1)OCO2. The number of fused-ring (bicyclic) bond motifs is 1. The molecule has 0 aliphatic carbocycles. The zero-order valence-electron chi connectivity index (χ0n) is 9.47. The summed E-state index contributed by atoms with van der Waals surface area (Å²) in [4.78, 5) is 3.99. The van der Waals surface area contributed by atoms with Gasteiger partial charge in [-0.15, -0.1) is 0 Å². The van der Waals surface area contributed by atoms with Gasteiger partial charge in [-0.3, -0.25) is 4.98 Å². The topological polar surface area (TPSA) is 31.4 Å². The highest BCUT2D eigenvalue weighted by Gasteiger charge is 2.14. The van der Waals surface area contributed by atoms with Crippen LogP contribution in [0.2, 0.25) is 0 Å². The van der Waals surface area contributed by atoms with E-state index in [9.17, 15) is 0 Å². The first-order valence-electron chi connectivity index (χ1n) is 5.50. The Kier molecular flexibility index (Phi) is 3.19. The predicted molar refractivity (Wildman–Crippen MR) is 78.4 cm³/mol. The number of ether oxygens (including phenoxy) is 2. The van der Waals surface area contributed by atoms with Gasteiger partial charge in [0, 0.05) is 16.0 Å². The number of nitrogens with zero attached hydrogens (tertiary/aromatic N) is 1. The molecule has 0 unspecified atom stereocenters. The van der Waals surface area contributed by atoms with E-state index in [2.05, 4.69) is 39.7 Å². The molecule has 0 saturated heterocycles. The minimum absolute atomic E-state index is 0.308. The lowest BCUT2D eigenvalue weighted by atomic mass is 10.1. The summed E-state index contributed by atoms with van der Waals surface area (Å²) in [5.74, 6) is 1.63. The van der Waals surface area contributed by atoms with Crippen molar-refractivity contribution >= 4 is 34.7 Å². The molecule has 4 heteroatoms. The van der Waals surface area contributed by atoms with Crippen LogP contribution in [-0.4, -0.2) is 11.8 Å². The Morgan fingerprint density at radius 2 is 1.78 bits per heavy atom. The first kappa shape index (κ1) is 11.5. The van der Waals surface area contributed by atoms with Crippen molar-refractivity contribution < 1.29 is 9.47 Å². The van der Waals surface area contributed by atoms with Crippen LogP contribution in [0.4, 0.5) is 0 Å². The Bertz CT molecular complexity index is 596. The van der Waals surface area contributed by atoms with Gasteiger partial charge in [-0.1, -0.05) is 12.2 Å². The summed E-state index contributed by atoms with van der Waals surface area (Å²) >= 11 is 2.30. The number of rotatable bonds is 2. The number of benzene rings is 1. The van der Waals surface area contributed by atoms with Crippen molar-refractivity contribution in [1.82, 2.24) is 4.98 Å². The molecule has 0 saturated carbocycles. The number of aromatic nitrogens is 1. The third-order valence-electron chi connectivity index (χ3n) is 2.65. The molecule has 1 aromatic heterocycles. The highest BCUT2D eigenvalue weighted by Crippen LogP contribution is 2.35. The second-order valence-corrected chi connectivity index (χ2v) is 5.00. The Labute approximate surface area is 119 Å². The molecule has 0 fully saturated rings. The van der Waals surface area contributed by atoms with Crippen molar-refractivity contribution in [2.45, 2.75) is 0 Å². The maximum Gasteiger partial charge on any atom is 0.231 e. The first-order chi connectivity index (χ1) is 8.83. The molecule has 1 aromatic carbocycles. The number of hydrogen-bond donors (Lipinski definition) is 0. The van der Waals surface area contributed by atoms with E-state index in [1.807, 2.05) is 24.3 Å². The molecule has 18 heavy (non-hydrogen) atoms. The molecule has 0 bridgehead atoms. The molecule has 2 aromatic rings. The fraction of sp³-hybridized carbons (Fsp3) is 0.0714. The quantitative estimate of drug-likeness (QED) is 0.775. The van der Waals surface area contributed by atoms with Gasteiger partial charge in [-0.25, -0.2) is 0 Å². The molecular formula is C14H10INO2. The summed E-state index contributed by atoms with van der Waals surface area (Å²) in [6, 6.07) is 7.93. The minimum Gasteiger partial charge on any atom is -0.454 e. The highest BCUT2D eigenvalue weighted by molar-refractivity contribution is 14.1. The summed E-state index contributed by atoms with van der Waals surface area (Å²) in [6.45, 7) is 0.308. The van der Waals surface area contributed by atoms with Gasteiger partial charge in [0.1, 0.15) is 0 Å². The van der Waals surface area contributed by atoms with Crippen LogP contribution >= 0.6 is 22.6 Å². The molecule has 2 heterocycles. The molecule has 0 atom stereocenters. The Morgan fingerprint density at radius 3 is 2.56 bits per heavy atom. The lowest BCUT2D eigenvalue weighted by Gasteiger charge is -2.01. The van der Waals surface area contributed by atoms with Crippen LogP contribution in [0.5, 0.6) is 11.5 Å². The average Bonchev–Trinajstić information content (AvgIpc) is 2.84. The van der Waals surface area contributed by atoms with E-state index < -0.39 is 0 Å². The van der Waals surface area contributed by atoms with Gasteiger partial charge in [-0.05, 0) is 58.0 Å². The van der Waals surface area contributed by atoms with Gasteiger partial charge >= 0.3 is 0 Å². The second-order valence-electron chi connectivity index (χ2n) is 3.84. The normalized spacial score (nSPS) is 13.2. The van der Waals surface area contributed by atoms with Gasteiger partial charge in [0.15, 0.2) is 11.5 Å². The monoisotopic (exact) mass is 351 g/mol. The molecule has 3 nitrogen and oxygen atoms in total. The zero-order valence-corrected chi connectivity index (χ0v) is 11.6. The third-order valence-corrected chi connectivity index (χ3v) is 3.59. The van der Waals surface area contributed by atoms with Crippen LogP contribution < -0.4 is 9.47 Å². The molecule has 0 amide bonds. The lowest BCUT2D eigenvalue weighted by Crippen LogP contribution is -1.92. The van der Waals surface area contributed by atoms with Crippen molar-refractivity contribution in [1.29, 1.82) is 0 Å². The average molecular weight is 351 g/mol. The molecule has 3 rings (SSSR count). The van der Waals surface area contributed by atoms with E-state index in [4.69, 9.17) is 9.47 Å². The fourth-order valence-electron chi connectivity index (χ4n) is 1.72. The van der Waals surface area contributed by atoms with E-state index in [1.165, 1.54) is 0 Å². The van der Waals surface area contributed by atoms with Crippen molar-refractivity contribution in [3.63, 3.8) is 0 Å². The molecule has 90 valence electrons. The summed E-state index contributed by atoms with van der Waals surface area (Å²) in [5.41, 5.74) is 2.25. The summed E-state index contributed by atoms with van der Waals surface area (Å²) in [6.07, 6.45) is 7.69. The third kappa shape index (κ3) is 2.33. The van der Waals surface area contributed by atoms with Crippen molar-refractivity contribution in [3.8, 4) is 11.5 Å². The van der Waals surface area contributed by atoms with Crippen LogP contribution in [0.3, 0.4) is 0 Å². The maximum atomic E-state index is 5.38. The van der Waals surface area contributed by atoms with E-state index in [-0.39, 0.29) is 0 Å². The number of pyridine rings is 1. The van der Waals surface area contributed by atoms with E-state index >= 15 is 0 Å². The van der Waals surface area contributed by atoms with Gasteiger partial charge in [-0.2, -0.15) is 0 Å². The molecule has 1 aliphatic heterocycles.